The van der Waals surface area contributed by atoms with Crippen LogP contribution in [-0.2, 0) is 28.7 Å². The van der Waals surface area contributed by atoms with Crippen molar-refractivity contribution in [1.82, 2.24) is 0 Å². The number of fused-ring (bicyclic) bond motifs is 3. The van der Waals surface area contributed by atoms with Crippen LogP contribution in [0.1, 0.15) is 59.8 Å². The molecule has 0 radical (unpaired) electrons. The predicted octanol–water partition coefficient (Wildman–Crippen LogP) is 4.20. The molecule has 0 unspecified atom stereocenters. The molecular weight excluding hydrogens is 456 g/mol. The molecule has 5 fully saturated rings. The van der Waals surface area contributed by atoms with Crippen LogP contribution < -0.4 is 0 Å². The third-order valence-electron chi connectivity index (χ3n) is 11.7. The van der Waals surface area contributed by atoms with Gasteiger partial charge in [-0.25, -0.2) is 4.79 Å². The zero-order valence-corrected chi connectivity index (χ0v) is 21.3. The van der Waals surface area contributed by atoms with E-state index in [1.54, 1.807) is 6.08 Å². The highest BCUT2D eigenvalue weighted by molar-refractivity contribution is 6.05. The highest BCUT2D eigenvalue weighted by atomic mass is 16.6. The Kier molecular flexibility index (Phi) is 3.98. The number of rotatable bonds is 0. The fourth-order valence-corrected chi connectivity index (χ4v) is 9.62. The van der Waals surface area contributed by atoms with E-state index < -0.39 is 22.2 Å². The Balaban J connectivity index is 1.37. The van der Waals surface area contributed by atoms with Crippen molar-refractivity contribution in [1.29, 1.82) is 0 Å². The van der Waals surface area contributed by atoms with Gasteiger partial charge in [-0.05, 0) is 57.6 Å². The van der Waals surface area contributed by atoms with Crippen LogP contribution in [0.3, 0.4) is 0 Å². The van der Waals surface area contributed by atoms with E-state index in [1.807, 2.05) is 26.0 Å². The van der Waals surface area contributed by atoms with E-state index in [9.17, 15) is 19.2 Å². The van der Waals surface area contributed by atoms with E-state index in [0.717, 1.165) is 16.7 Å². The lowest BCUT2D eigenvalue weighted by Gasteiger charge is -2.66. The predicted molar refractivity (Wildman–Crippen MR) is 129 cm³/mol. The maximum absolute atomic E-state index is 14.4. The zero-order chi connectivity index (χ0) is 25.6. The van der Waals surface area contributed by atoms with Gasteiger partial charge >= 0.3 is 11.9 Å². The van der Waals surface area contributed by atoms with Gasteiger partial charge in [-0.3, -0.25) is 14.4 Å². The lowest BCUT2D eigenvalue weighted by Crippen LogP contribution is -2.68. The SMILES string of the molecule is C=C1C(=O)O[C@@H]2C[C@@]3(C)C(=O)[C@@H]4C=C(C)[C@@]3(C[C@H]12)C[C@]41C(=O)O[C@@H]2C[C@@]3(C)C=CC(=O)C(C)=C3C[C@@H]21. The molecule has 8 rings (SSSR count). The number of hydrogen-bond donors (Lipinski definition) is 0. The Bertz CT molecular complexity index is 1310. The second-order valence-corrected chi connectivity index (χ2v) is 13.0. The zero-order valence-electron chi connectivity index (χ0n) is 21.3. The highest BCUT2D eigenvalue weighted by Crippen LogP contribution is 2.75. The van der Waals surface area contributed by atoms with E-state index in [1.165, 1.54) is 0 Å². The summed E-state index contributed by atoms with van der Waals surface area (Å²) in [4.78, 5) is 53.3. The number of ether oxygens (including phenoxy) is 2. The number of ketones is 2. The van der Waals surface area contributed by atoms with Crippen LogP contribution in [0.15, 0.2) is 47.1 Å². The Morgan fingerprint density at radius 2 is 1.75 bits per heavy atom. The second kappa shape index (κ2) is 6.38. The van der Waals surface area contributed by atoms with E-state index in [-0.39, 0.29) is 53.0 Å². The Labute approximate surface area is 210 Å². The molecule has 36 heavy (non-hydrogen) atoms. The number of esters is 2. The molecular formula is C30H32O6. The summed E-state index contributed by atoms with van der Waals surface area (Å²) in [6.45, 7) is 12.1. The van der Waals surface area contributed by atoms with Crippen LogP contribution in [0.4, 0.5) is 0 Å². The molecule has 2 saturated heterocycles. The van der Waals surface area contributed by atoms with Crippen LogP contribution in [0.5, 0.6) is 0 Å². The first kappa shape index (κ1) is 22.4. The van der Waals surface area contributed by atoms with E-state index in [0.29, 0.717) is 37.7 Å². The normalized spacial score (nSPS) is 50.5. The standard InChI is InChI=1S/C30H32O6/c1-14-8-20-24(32)28(5)12-22-17(15(2)25(33)35-22)10-29(14,28)13-30(20)19-9-18-16(3)21(31)6-7-27(18,4)11-23(19)36-26(30)34/h6-8,17,19-20,22-23H,2,9-13H2,1,3-5H3/t17-,19+,20+,22-,23-,27-,28+,29-,30-/m1/s1. The van der Waals surface area contributed by atoms with Crippen molar-refractivity contribution < 1.29 is 28.7 Å². The van der Waals surface area contributed by atoms with Crippen molar-refractivity contribution in [2.24, 2.45) is 39.4 Å². The molecule has 2 heterocycles. The van der Waals surface area contributed by atoms with Gasteiger partial charge in [0.15, 0.2) is 5.78 Å². The number of carbonyl (C=O) groups excluding carboxylic acids is 4. The monoisotopic (exact) mass is 488 g/mol. The van der Waals surface area contributed by atoms with Gasteiger partial charge in [0.1, 0.15) is 18.0 Å². The molecule has 0 amide bonds. The highest BCUT2D eigenvalue weighted by Gasteiger charge is 2.77. The molecule has 2 aliphatic heterocycles. The molecule has 9 atom stereocenters. The third-order valence-corrected chi connectivity index (χ3v) is 11.7. The quantitative estimate of drug-likeness (QED) is 0.289. The molecule has 0 aromatic rings. The van der Waals surface area contributed by atoms with Gasteiger partial charge < -0.3 is 9.47 Å². The molecule has 6 heteroatoms. The summed E-state index contributed by atoms with van der Waals surface area (Å²) < 4.78 is 11.8. The van der Waals surface area contributed by atoms with Crippen LogP contribution in [0, 0.1) is 39.4 Å². The smallest absolute Gasteiger partial charge is 0.334 e. The summed E-state index contributed by atoms with van der Waals surface area (Å²) in [6.07, 6.45) is 7.81. The summed E-state index contributed by atoms with van der Waals surface area (Å²) in [5.74, 6) is -1.42. The van der Waals surface area contributed by atoms with Crippen molar-refractivity contribution in [3.8, 4) is 0 Å². The lowest BCUT2D eigenvalue weighted by molar-refractivity contribution is -0.185. The van der Waals surface area contributed by atoms with Crippen molar-refractivity contribution in [2.45, 2.75) is 72.0 Å². The van der Waals surface area contributed by atoms with E-state index in [4.69, 9.17) is 9.47 Å². The third kappa shape index (κ3) is 2.23. The number of hydrogen-bond acceptors (Lipinski definition) is 6. The maximum atomic E-state index is 14.4. The summed E-state index contributed by atoms with van der Waals surface area (Å²) in [7, 11) is 0. The molecule has 0 N–H and O–H groups in total. The van der Waals surface area contributed by atoms with Crippen molar-refractivity contribution in [3.05, 3.63) is 47.1 Å². The van der Waals surface area contributed by atoms with Gasteiger partial charge in [-0.15, -0.1) is 0 Å². The van der Waals surface area contributed by atoms with Gasteiger partial charge in [0, 0.05) is 33.7 Å². The first-order chi connectivity index (χ1) is 16.9. The minimum Gasteiger partial charge on any atom is -0.462 e. The molecule has 2 spiro atoms. The van der Waals surface area contributed by atoms with Gasteiger partial charge in [-0.2, -0.15) is 0 Å². The largest absolute Gasteiger partial charge is 0.462 e. The average Bonchev–Trinajstić information content (AvgIpc) is 3.23. The van der Waals surface area contributed by atoms with Gasteiger partial charge in [0.25, 0.3) is 0 Å². The van der Waals surface area contributed by atoms with E-state index in [2.05, 4.69) is 20.4 Å². The summed E-state index contributed by atoms with van der Waals surface area (Å²) >= 11 is 0. The summed E-state index contributed by atoms with van der Waals surface area (Å²) in [5, 5.41) is 0. The molecule has 3 saturated carbocycles. The maximum Gasteiger partial charge on any atom is 0.334 e. The Morgan fingerprint density at radius 3 is 2.50 bits per heavy atom. The van der Waals surface area contributed by atoms with Crippen molar-refractivity contribution in [3.63, 3.8) is 0 Å². The van der Waals surface area contributed by atoms with Crippen LogP contribution in [0.25, 0.3) is 0 Å². The molecule has 0 aromatic carbocycles. The van der Waals surface area contributed by atoms with Crippen molar-refractivity contribution >= 4 is 23.5 Å². The summed E-state index contributed by atoms with van der Waals surface area (Å²) in [6, 6.07) is 0. The summed E-state index contributed by atoms with van der Waals surface area (Å²) in [5.41, 5.74) is 0.909. The Hall–Kier alpha value is -2.76. The molecule has 0 aromatic heterocycles. The average molecular weight is 489 g/mol. The fourth-order valence-electron chi connectivity index (χ4n) is 9.62. The van der Waals surface area contributed by atoms with Gasteiger partial charge in [0.05, 0.1) is 11.3 Å². The van der Waals surface area contributed by atoms with Crippen LogP contribution >= 0.6 is 0 Å². The van der Waals surface area contributed by atoms with Gasteiger partial charge in [0.2, 0.25) is 0 Å². The molecule has 6 aliphatic carbocycles. The van der Waals surface area contributed by atoms with Gasteiger partial charge in [-0.1, -0.05) is 43.7 Å². The minimum absolute atomic E-state index is 0.0195. The topological polar surface area (TPSA) is 86.7 Å². The first-order valence-corrected chi connectivity index (χ1v) is 13.2. The second-order valence-electron chi connectivity index (χ2n) is 13.0. The molecule has 6 nitrogen and oxygen atoms in total. The Morgan fingerprint density at radius 1 is 1.00 bits per heavy atom. The van der Waals surface area contributed by atoms with E-state index >= 15 is 0 Å². The van der Waals surface area contributed by atoms with Crippen LogP contribution in [-0.4, -0.2) is 35.7 Å². The molecule has 2 bridgehead atoms. The fraction of sp³-hybridized carbons (Fsp3) is 0.600. The number of carbonyl (C=O) groups is 4. The minimum atomic E-state index is -0.947. The first-order valence-electron chi connectivity index (χ1n) is 13.2. The molecule has 8 aliphatic rings. The lowest BCUT2D eigenvalue weighted by atomic mass is 9.34. The molecule has 188 valence electrons. The number of Topliss-reactive ketones (excluding diaryl/α,β-unsaturated/α-hetero) is 1. The van der Waals surface area contributed by atoms with Crippen molar-refractivity contribution in [2.75, 3.05) is 0 Å². The number of allylic oxidation sites excluding steroid dienone is 6. The van der Waals surface area contributed by atoms with Crippen LogP contribution in [0.2, 0.25) is 0 Å².